The van der Waals surface area contributed by atoms with E-state index in [4.69, 9.17) is 11.6 Å². The molecule has 4 nitrogen and oxygen atoms in total. The summed E-state index contributed by atoms with van der Waals surface area (Å²) < 4.78 is 0. The fourth-order valence-corrected chi connectivity index (χ4v) is 2.92. The van der Waals surface area contributed by atoms with Gasteiger partial charge >= 0.3 is 0 Å². The van der Waals surface area contributed by atoms with E-state index in [1.807, 2.05) is 12.3 Å². The van der Waals surface area contributed by atoms with Gasteiger partial charge in [-0.3, -0.25) is 4.98 Å². The number of aliphatic hydroxyl groups is 1. The Labute approximate surface area is 129 Å². The van der Waals surface area contributed by atoms with Gasteiger partial charge in [-0.15, -0.1) is 11.6 Å². The number of aliphatic hydroxyl groups excluding tert-OH is 1. The van der Waals surface area contributed by atoms with Gasteiger partial charge in [-0.1, -0.05) is 0 Å². The molecule has 1 saturated heterocycles. The van der Waals surface area contributed by atoms with E-state index in [0.29, 0.717) is 6.54 Å². The molecule has 0 radical (unpaired) electrons. The third-order valence-corrected chi connectivity index (χ3v) is 4.26. The van der Waals surface area contributed by atoms with Crippen LogP contribution in [-0.4, -0.2) is 41.7 Å². The van der Waals surface area contributed by atoms with Gasteiger partial charge in [0.1, 0.15) is 0 Å². The maximum Gasteiger partial charge on any atom is 0.0956 e. The standard InChI is InChI=1S/C16H20ClN3O/c17-10-12(21)11-19-14-5-6-15(20-8-1-2-9-20)16-13(14)4-3-7-18-16/h3-7,12,19,21H,1-2,8-11H2. The maximum absolute atomic E-state index is 9.60. The first-order valence-electron chi connectivity index (χ1n) is 7.40. The predicted molar refractivity (Wildman–Crippen MR) is 88.4 cm³/mol. The summed E-state index contributed by atoms with van der Waals surface area (Å²) in [5.74, 6) is 0.231. The van der Waals surface area contributed by atoms with Crippen LogP contribution in [0.1, 0.15) is 12.8 Å². The Morgan fingerprint density at radius 3 is 2.86 bits per heavy atom. The molecule has 5 heteroatoms. The smallest absolute Gasteiger partial charge is 0.0956 e. The monoisotopic (exact) mass is 305 g/mol. The molecule has 2 N–H and O–H groups in total. The van der Waals surface area contributed by atoms with Crippen molar-refractivity contribution in [2.45, 2.75) is 18.9 Å². The summed E-state index contributed by atoms with van der Waals surface area (Å²) >= 11 is 5.64. The fourth-order valence-electron chi connectivity index (χ4n) is 2.81. The van der Waals surface area contributed by atoms with Crippen LogP contribution in [0, 0.1) is 0 Å². The van der Waals surface area contributed by atoms with Crippen molar-refractivity contribution >= 4 is 33.9 Å². The summed E-state index contributed by atoms with van der Waals surface area (Å²) in [6.45, 7) is 2.64. The van der Waals surface area contributed by atoms with Crippen molar-refractivity contribution in [3.05, 3.63) is 30.5 Å². The molecule has 0 aliphatic carbocycles. The molecule has 2 heterocycles. The summed E-state index contributed by atoms with van der Waals surface area (Å²) in [7, 11) is 0. The van der Waals surface area contributed by atoms with Crippen molar-refractivity contribution in [1.29, 1.82) is 0 Å². The van der Waals surface area contributed by atoms with Crippen LogP contribution >= 0.6 is 11.6 Å². The van der Waals surface area contributed by atoms with Gasteiger partial charge < -0.3 is 15.3 Å². The predicted octanol–water partition coefficient (Wildman–Crippen LogP) is 2.85. The van der Waals surface area contributed by atoms with Crippen molar-refractivity contribution in [3.8, 4) is 0 Å². The minimum atomic E-state index is -0.545. The zero-order valence-electron chi connectivity index (χ0n) is 11.9. The first kappa shape index (κ1) is 14.4. The van der Waals surface area contributed by atoms with Crippen molar-refractivity contribution in [1.82, 2.24) is 4.98 Å². The van der Waals surface area contributed by atoms with Crippen LogP contribution in [0.25, 0.3) is 10.9 Å². The van der Waals surface area contributed by atoms with Crippen molar-refractivity contribution < 1.29 is 5.11 Å². The highest BCUT2D eigenvalue weighted by atomic mass is 35.5. The first-order chi connectivity index (χ1) is 10.3. The topological polar surface area (TPSA) is 48.4 Å². The highest BCUT2D eigenvalue weighted by Gasteiger charge is 2.16. The minimum absolute atomic E-state index is 0.231. The number of halogens is 1. The number of pyridine rings is 1. The number of nitrogens with one attached hydrogen (secondary N) is 1. The van der Waals surface area contributed by atoms with Crippen LogP contribution in [-0.2, 0) is 0 Å². The lowest BCUT2D eigenvalue weighted by Gasteiger charge is -2.21. The molecule has 0 bridgehead atoms. The molecule has 112 valence electrons. The number of hydrogen-bond acceptors (Lipinski definition) is 4. The number of hydrogen-bond donors (Lipinski definition) is 2. The molecular weight excluding hydrogens is 286 g/mol. The van der Waals surface area contributed by atoms with Gasteiger partial charge in [0.15, 0.2) is 0 Å². The summed E-state index contributed by atoms with van der Waals surface area (Å²) in [4.78, 5) is 6.96. The van der Waals surface area contributed by atoms with Crippen LogP contribution in [0.5, 0.6) is 0 Å². The van der Waals surface area contributed by atoms with E-state index in [9.17, 15) is 5.11 Å². The zero-order chi connectivity index (χ0) is 14.7. The van der Waals surface area contributed by atoms with Gasteiger partial charge in [-0.05, 0) is 37.1 Å². The fraction of sp³-hybridized carbons (Fsp3) is 0.438. The molecule has 0 amide bonds. The van der Waals surface area contributed by atoms with E-state index < -0.39 is 6.10 Å². The third kappa shape index (κ3) is 3.06. The molecule has 0 saturated carbocycles. The Balaban J connectivity index is 1.94. The van der Waals surface area contributed by atoms with Crippen molar-refractivity contribution in [2.75, 3.05) is 35.7 Å². The summed E-state index contributed by atoms with van der Waals surface area (Å²) in [5.41, 5.74) is 3.21. The Kier molecular flexibility index (Phi) is 4.46. The average Bonchev–Trinajstić information content (AvgIpc) is 3.06. The molecular formula is C16H20ClN3O. The van der Waals surface area contributed by atoms with Crippen LogP contribution in [0.2, 0.25) is 0 Å². The van der Waals surface area contributed by atoms with Gasteiger partial charge in [0.25, 0.3) is 0 Å². The SMILES string of the molecule is OC(CCl)CNc1ccc(N2CCCC2)c2ncccc12. The molecule has 2 aromatic rings. The number of rotatable bonds is 5. The largest absolute Gasteiger partial charge is 0.390 e. The van der Waals surface area contributed by atoms with Gasteiger partial charge in [-0.25, -0.2) is 0 Å². The van der Waals surface area contributed by atoms with Crippen LogP contribution < -0.4 is 10.2 Å². The van der Waals surface area contributed by atoms with Gasteiger partial charge in [0, 0.05) is 36.9 Å². The average molecular weight is 306 g/mol. The van der Waals surface area contributed by atoms with Crippen molar-refractivity contribution in [3.63, 3.8) is 0 Å². The van der Waals surface area contributed by atoms with Crippen LogP contribution in [0.4, 0.5) is 11.4 Å². The second kappa shape index (κ2) is 6.50. The van der Waals surface area contributed by atoms with Crippen LogP contribution in [0.15, 0.2) is 30.5 Å². The van der Waals surface area contributed by atoms with E-state index in [1.54, 1.807) is 0 Å². The lowest BCUT2D eigenvalue weighted by atomic mass is 10.1. The molecule has 1 unspecified atom stereocenters. The minimum Gasteiger partial charge on any atom is -0.390 e. The second-order valence-electron chi connectivity index (χ2n) is 5.42. The van der Waals surface area contributed by atoms with Gasteiger partial charge in [-0.2, -0.15) is 0 Å². The molecule has 1 aliphatic heterocycles. The number of nitrogens with zero attached hydrogens (tertiary/aromatic N) is 2. The highest BCUT2D eigenvalue weighted by Crippen LogP contribution is 2.32. The Morgan fingerprint density at radius 2 is 2.10 bits per heavy atom. The lowest BCUT2D eigenvalue weighted by molar-refractivity contribution is 0.211. The summed E-state index contributed by atoms with van der Waals surface area (Å²) in [5, 5.41) is 14.0. The molecule has 1 aromatic heterocycles. The van der Waals surface area contributed by atoms with E-state index in [-0.39, 0.29) is 5.88 Å². The second-order valence-corrected chi connectivity index (χ2v) is 5.72. The molecule has 1 fully saturated rings. The Hall–Kier alpha value is -1.52. The van der Waals surface area contributed by atoms with Gasteiger partial charge in [0.2, 0.25) is 0 Å². The Morgan fingerprint density at radius 1 is 1.29 bits per heavy atom. The quantitative estimate of drug-likeness (QED) is 0.834. The molecule has 1 aromatic carbocycles. The number of alkyl halides is 1. The number of aromatic nitrogens is 1. The van der Waals surface area contributed by atoms with E-state index in [0.717, 1.165) is 29.7 Å². The molecule has 1 atom stereocenters. The summed E-state index contributed by atoms with van der Waals surface area (Å²) in [6, 6.07) is 8.20. The van der Waals surface area contributed by atoms with Gasteiger partial charge in [0.05, 0.1) is 23.2 Å². The van der Waals surface area contributed by atoms with E-state index >= 15 is 0 Å². The number of fused-ring (bicyclic) bond motifs is 1. The molecule has 0 spiro atoms. The maximum atomic E-state index is 9.60. The Bertz CT molecular complexity index is 613. The number of benzene rings is 1. The van der Waals surface area contributed by atoms with Crippen molar-refractivity contribution in [2.24, 2.45) is 0 Å². The molecule has 1 aliphatic rings. The van der Waals surface area contributed by atoms with E-state index in [1.165, 1.54) is 18.5 Å². The van der Waals surface area contributed by atoms with Crippen LogP contribution in [0.3, 0.4) is 0 Å². The normalized spacial score (nSPS) is 16.4. The lowest BCUT2D eigenvalue weighted by Crippen LogP contribution is -2.21. The summed E-state index contributed by atoms with van der Waals surface area (Å²) in [6.07, 6.45) is 3.78. The highest BCUT2D eigenvalue weighted by molar-refractivity contribution is 6.18. The van der Waals surface area contributed by atoms with E-state index in [2.05, 4.69) is 33.4 Å². The number of anilines is 2. The third-order valence-electron chi connectivity index (χ3n) is 3.90. The zero-order valence-corrected chi connectivity index (χ0v) is 12.7. The first-order valence-corrected chi connectivity index (χ1v) is 7.93. The molecule has 21 heavy (non-hydrogen) atoms. The molecule has 3 rings (SSSR count).